The number of amides is 1. The Balaban J connectivity index is 2.77. The molecule has 0 unspecified atom stereocenters. The van der Waals surface area contributed by atoms with Gasteiger partial charge in [0, 0.05) is 12.2 Å². The van der Waals surface area contributed by atoms with Crippen LogP contribution in [-0.2, 0) is 4.79 Å². The number of hydrogen-bond acceptors (Lipinski definition) is 3. The van der Waals surface area contributed by atoms with E-state index < -0.39 is 5.97 Å². The van der Waals surface area contributed by atoms with Crippen LogP contribution in [-0.4, -0.2) is 30.1 Å². The van der Waals surface area contributed by atoms with Crippen LogP contribution in [0.25, 0.3) is 0 Å². The van der Waals surface area contributed by atoms with Crippen LogP contribution < -0.4 is 10.6 Å². The lowest BCUT2D eigenvalue weighted by molar-refractivity contribution is -0.119. The number of anilines is 1. The molecule has 1 rings (SSSR count). The van der Waals surface area contributed by atoms with Crippen LogP contribution in [0.15, 0.2) is 18.2 Å². The summed E-state index contributed by atoms with van der Waals surface area (Å²) in [6, 6.07) is 5.03. The maximum absolute atomic E-state index is 11.2. The zero-order valence-corrected chi connectivity index (χ0v) is 9.91. The summed E-state index contributed by atoms with van der Waals surface area (Å²) in [4.78, 5) is 22.2. The van der Waals surface area contributed by atoms with Crippen molar-refractivity contribution < 1.29 is 14.7 Å². The molecular formula is C12H16N2O3. The van der Waals surface area contributed by atoms with Gasteiger partial charge >= 0.3 is 5.97 Å². The first kappa shape index (κ1) is 13.0. The van der Waals surface area contributed by atoms with Gasteiger partial charge < -0.3 is 15.7 Å². The summed E-state index contributed by atoms with van der Waals surface area (Å²) in [5, 5.41) is 14.5. The number of benzene rings is 1. The molecule has 0 spiro atoms. The first-order valence-electron chi connectivity index (χ1n) is 5.39. The third-order valence-corrected chi connectivity index (χ3v) is 2.22. The molecule has 0 fully saturated rings. The highest BCUT2D eigenvalue weighted by molar-refractivity contribution is 5.95. The van der Waals surface area contributed by atoms with E-state index in [1.54, 1.807) is 18.2 Å². The lowest BCUT2D eigenvalue weighted by atomic mass is 10.1. The summed E-state index contributed by atoms with van der Waals surface area (Å²) in [5.74, 6) is -1.17. The van der Waals surface area contributed by atoms with Gasteiger partial charge in [-0.25, -0.2) is 4.79 Å². The van der Waals surface area contributed by atoms with Gasteiger partial charge in [-0.3, -0.25) is 4.79 Å². The van der Waals surface area contributed by atoms with Crippen LogP contribution >= 0.6 is 0 Å². The number of likely N-dealkylation sites (N-methyl/N-ethyl adjacent to an activating group) is 1. The van der Waals surface area contributed by atoms with Gasteiger partial charge in [-0.05, 0) is 26.0 Å². The van der Waals surface area contributed by atoms with Gasteiger partial charge in [-0.15, -0.1) is 0 Å². The van der Waals surface area contributed by atoms with Gasteiger partial charge in [-0.2, -0.15) is 0 Å². The van der Waals surface area contributed by atoms with Gasteiger partial charge in [0.1, 0.15) is 0 Å². The Hall–Kier alpha value is -2.04. The smallest absolute Gasteiger partial charge is 0.337 e. The van der Waals surface area contributed by atoms with Crippen LogP contribution in [0.4, 0.5) is 5.69 Å². The second-order valence-corrected chi connectivity index (χ2v) is 3.66. The maximum Gasteiger partial charge on any atom is 0.337 e. The molecule has 5 heteroatoms. The zero-order valence-electron chi connectivity index (χ0n) is 9.91. The molecule has 0 aliphatic carbocycles. The highest BCUT2D eigenvalue weighted by atomic mass is 16.4. The van der Waals surface area contributed by atoms with Crippen molar-refractivity contribution >= 4 is 17.6 Å². The van der Waals surface area contributed by atoms with E-state index in [1.165, 1.54) is 0 Å². The van der Waals surface area contributed by atoms with Crippen molar-refractivity contribution in [3.8, 4) is 0 Å². The quantitative estimate of drug-likeness (QED) is 0.718. The van der Waals surface area contributed by atoms with Crippen molar-refractivity contribution in [3.05, 3.63) is 29.3 Å². The molecule has 0 heterocycles. The summed E-state index contributed by atoms with van der Waals surface area (Å²) >= 11 is 0. The van der Waals surface area contributed by atoms with Crippen LogP contribution in [0.1, 0.15) is 22.8 Å². The van der Waals surface area contributed by atoms with E-state index in [0.29, 0.717) is 12.2 Å². The van der Waals surface area contributed by atoms with E-state index in [-0.39, 0.29) is 18.0 Å². The molecular weight excluding hydrogens is 220 g/mol. The van der Waals surface area contributed by atoms with Crippen LogP contribution in [0.5, 0.6) is 0 Å². The Labute approximate surface area is 99.8 Å². The first-order valence-corrected chi connectivity index (χ1v) is 5.39. The monoisotopic (exact) mass is 236 g/mol. The topological polar surface area (TPSA) is 78.4 Å². The molecule has 0 saturated heterocycles. The molecule has 17 heavy (non-hydrogen) atoms. The van der Waals surface area contributed by atoms with Crippen LogP contribution in [0, 0.1) is 6.92 Å². The number of aryl methyl sites for hydroxylation is 1. The largest absolute Gasteiger partial charge is 0.478 e. The predicted molar refractivity (Wildman–Crippen MR) is 65.3 cm³/mol. The predicted octanol–water partition coefficient (Wildman–Crippen LogP) is 1.24. The van der Waals surface area contributed by atoms with E-state index in [4.69, 9.17) is 5.11 Å². The average molecular weight is 236 g/mol. The van der Waals surface area contributed by atoms with E-state index in [2.05, 4.69) is 10.6 Å². The third-order valence-electron chi connectivity index (χ3n) is 2.22. The molecule has 0 radical (unpaired) electrons. The zero-order chi connectivity index (χ0) is 12.8. The normalized spacial score (nSPS) is 9.76. The van der Waals surface area contributed by atoms with Crippen LogP contribution in [0.3, 0.4) is 0 Å². The molecule has 0 aromatic heterocycles. The van der Waals surface area contributed by atoms with Crippen molar-refractivity contribution in [3.63, 3.8) is 0 Å². The summed E-state index contributed by atoms with van der Waals surface area (Å²) in [5.41, 5.74) is 1.50. The van der Waals surface area contributed by atoms with Crippen molar-refractivity contribution in [1.29, 1.82) is 0 Å². The van der Waals surface area contributed by atoms with E-state index in [9.17, 15) is 9.59 Å². The van der Waals surface area contributed by atoms with Crippen LogP contribution in [0.2, 0.25) is 0 Å². The number of carboxylic acids is 1. The number of rotatable bonds is 5. The summed E-state index contributed by atoms with van der Waals surface area (Å²) < 4.78 is 0. The second-order valence-electron chi connectivity index (χ2n) is 3.66. The maximum atomic E-state index is 11.2. The number of hydrogen-bond donors (Lipinski definition) is 3. The Morgan fingerprint density at radius 1 is 1.35 bits per heavy atom. The molecule has 0 bridgehead atoms. The fourth-order valence-corrected chi connectivity index (χ4v) is 1.42. The van der Waals surface area contributed by atoms with Crippen molar-refractivity contribution in [2.75, 3.05) is 18.4 Å². The summed E-state index contributed by atoms with van der Waals surface area (Å²) in [6.07, 6.45) is 0. The Bertz CT molecular complexity index is 430. The Morgan fingerprint density at radius 2 is 2.06 bits per heavy atom. The van der Waals surface area contributed by atoms with E-state index in [1.807, 2.05) is 13.8 Å². The Morgan fingerprint density at radius 3 is 2.65 bits per heavy atom. The second kappa shape index (κ2) is 5.89. The number of aromatic carboxylic acids is 1. The fraction of sp³-hybridized carbons (Fsp3) is 0.333. The average Bonchev–Trinajstić information content (AvgIpc) is 2.27. The van der Waals surface area contributed by atoms with E-state index in [0.717, 1.165) is 5.56 Å². The number of carbonyl (C=O) groups excluding carboxylic acids is 1. The first-order chi connectivity index (χ1) is 8.04. The van der Waals surface area contributed by atoms with Gasteiger partial charge in [0.25, 0.3) is 0 Å². The molecule has 92 valence electrons. The Kier molecular flexibility index (Phi) is 4.51. The minimum absolute atomic E-state index is 0.0666. The fourth-order valence-electron chi connectivity index (χ4n) is 1.42. The minimum Gasteiger partial charge on any atom is -0.478 e. The summed E-state index contributed by atoms with van der Waals surface area (Å²) in [7, 11) is 0. The molecule has 0 aliphatic rings. The minimum atomic E-state index is -1.01. The molecule has 5 nitrogen and oxygen atoms in total. The van der Waals surface area contributed by atoms with Gasteiger partial charge in [-0.1, -0.05) is 11.6 Å². The van der Waals surface area contributed by atoms with Gasteiger partial charge in [0.15, 0.2) is 0 Å². The van der Waals surface area contributed by atoms with Gasteiger partial charge in [0.05, 0.1) is 12.1 Å². The molecule has 0 saturated carbocycles. The van der Waals surface area contributed by atoms with Crippen molar-refractivity contribution in [1.82, 2.24) is 5.32 Å². The van der Waals surface area contributed by atoms with Crippen molar-refractivity contribution in [2.24, 2.45) is 0 Å². The van der Waals surface area contributed by atoms with E-state index >= 15 is 0 Å². The van der Waals surface area contributed by atoms with Crippen molar-refractivity contribution in [2.45, 2.75) is 13.8 Å². The number of carboxylic acid groups (broad SMARTS) is 1. The molecule has 0 aliphatic heterocycles. The lowest BCUT2D eigenvalue weighted by Crippen LogP contribution is -2.29. The molecule has 0 atom stereocenters. The number of carbonyl (C=O) groups is 2. The third kappa shape index (κ3) is 3.79. The lowest BCUT2D eigenvalue weighted by Gasteiger charge is -2.10. The SMILES string of the molecule is CCNC(=O)CNc1ccc(C)cc1C(=O)O. The molecule has 3 N–H and O–H groups in total. The standard InChI is InChI=1S/C12H16N2O3/c1-3-13-11(15)7-14-10-5-4-8(2)6-9(10)12(16)17/h4-6,14H,3,7H2,1-2H3,(H,13,15)(H,16,17). The highest BCUT2D eigenvalue weighted by Gasteiger charge is 2.10. The van der Waals surface area contributed by atoms with Gasteiger partial charge in [0.2, 0.25) is 5.91 Å². The number of nitrogens with one attached hydrogen (secondary N) is 2. The molecule has 1 aromatic carbocycles. The highest BCUT2D eigenvalue weighted by Crippen LogP contribution is 2.16. The molecule has 1 amide bonds. The molecule has 1 aromatic rings. The summed E-state index contributed by atoms with van der Waals surface area (Å²) in [6.45, 7) is 4.27.